The molecule has 1 saturated heterocycles. The van der Waals surface area contributed by atoms with Crippen LogP contribution in [-0.2, 0) is 0 Å². The first-order chi connectivity index (χ1) is 13.5. The Hall–Kier alpha value is -1.73. The molecule has 0 amide bonds. The summed E-state index contributed by atoms with van der Waals surface area (Å²) < 4.78 is 12.6. The summed E-state index contributed by atoms with van der Waals surface area (Å²) in [6, 6.07) is 10.1. The standard InChI is InChI=1S/C21H24BrN3O2S/c1-12(2)27-18-10-15(22)14(9-17(18)26-4)20-19(16-7-5-6-8-23-16)24-21-25(20)11-13(3)28-21/h5-10,12-13,19-20H,11H2,1-4H3. The number of aliphatic imine (C=N–C) groups is 1. The molecule has 2 aromatic rings. The molecule has 3 atom stereocenters. The third-order valence-corrected chi connectivity index (χ3v) is 6.63. The maximum Gasteiger partial charge on any atom is 0.162 e. The molecule has 1 fully saturated rings. The number of nitrogens with zero attached hydrogens (tertiary/aromatic N) is 3. The summed E-state index contributed by atoms with van der Waals surface area (Å²) >= 11 is 5.62. The largest absolute Gasteiger partial charge is 0.493 e. The summed E-state index contributed by atoms with van der Waals surface area (Å²) in [5.41, 5.74) is 2.12. The van der Waals surface area contributed by atoms with Crippen molar-refractivity contribution in [3.63, 3.8) is 0 Å². The zero-order valence-corrected chi connectivity index (χ0v) is 18.8. The molecule has 0 spiro atoms. The number of rotatable bonds is 5. The van der Waals surface area contributed by atoms with Crippen LogP contribution in [0.1, 0.15) is 44.1 Å². The number of pyridine rings is 1. The molecule has 0 aliphatic carbocycles. The Morgan fingerprint density at radius 3 is 2.75 bits per heavy atom. The van der Waals surface area contributed by atoms with Gasteiger partial charge in [0.25, 0.3) is 0 Å². The summed E-state index contributed by atoms with van der Waals surface area (Å²) in [5, 5.41) is 1.62. The molecule has 148 valence electrons. The van der Waals surface area contributed by atoms with Gasteiger partial charge in [0.05, 0.1) is 24.9 Å². The maximum absolute atomic E-state index is 5.94. The van der Waals surface area contributed by atoms with Gasteiger partial charge in [-0.15, -0.1) is 0 Å². The summed E-state index contributed by atoms with van der Waals surface area (Å²) in [6.07, 6.45) is 1.91. The molecule has 5 nitrogen and oxygen atoms in total. The highest BCUT2D eigenvalue weighted by Gasteiger charge is 2.44. The highest BCUT2D eigenvalue weighted by atomic mass is 79.9. The van der Waals surface area contributed by atoms with Gasteiger partial charge in [-0.2, -0.15) is 0 Å². The Balaban J connectivity index is 1.79. The van der Waals surface area contributed by atoms with Gasteiger partial charge in [0.2, 0.25) is 0 Å². The predicted molar refractivity (Wildman–Crippen MR) is 117 cm³/mol. The number of halogens is 1. The van der Waals surface area contributed by atoms with Crippen molar-refractivity contribution in [1.29, 1.82) is 0 Å². The number of hydrogen-bond donors (Lipinski definition) is 0. The first kappa shape index (κ1) is 19.6. The van der Waals surface area contributed by atoms with E-state index < -0.39 is 0 Å². The lowest BCUT2D eigenvalue weighted by molar-refractivity contribution is 0.229. The van der Waals surface area contributed by atoms with Crippen LogP contribution in [0.4, 0.5) is 0 Å². The topological polar surface area (TPSA) is 47.0 Å². The van der Waals surface area contributed by atoms with Gasteiger partial charge in [-0.05, 0) is 43.7 Å². The van der Waals surface area contributed by atoms with Crippen LogP contribution in [0.25, 0.3) is 0 Å². The average molecular weight is 462 g/mol. The molecule has 0 radical (unpaired) electrons. The van der Waals surface area contributed by atoms with E-state index in [-0.39, 0.29) is 18.2 Å². The Morgan fingerprint density at radius 2 is 2.07 bits per heavy atom. The summed E-state index contributed by atoms with van der Waals surface area (Å²) in [5.74, 6) is 1.48. The minimum Gasteiger partial charge on any atom is -0.493 e. The van der Waals surface area contributed by atoms with Crippen LogP contribution in [0.2, 0.25) is 0 Å². The molecule has 4 rings (SSSR count). The monoisotopic (exact) mass is 461 g/mol. The Kier molecular flexibility index (Phi) is 5.56. The second kappa shape index (κ2) is 7.95. The predicted octanol–water partition coefficient (Wildman–Crippen LogP) is 5.23. The fourth-order valence-electron chi connectivity index (χ4n) is 3.74. The van der Waals surface area contributed by atoms with E-state index in [0.717, 1.165) is 38.9 Å². The SMILES string of the molecule is COc1cc(C2C(c3ccccn3)N=C3SC(C)CN32)c(Br)cc1OC(C)C. The molecule has 1 aromatic heterocycles. The van der Waals surface area contributed by atoms with Gasteiger partial charge in [0.15, 0.2) is 16.7 Å². The minimum absolute atomic E-state index is 0.0472. The van der Waals surface area contributed by atoms with E-state index in [9.17, 15) is 0 Å². The fourth-order valence-corrected chi connectivity index (χ4v) is 5.39. The lowest BCUT2D eigenvalue weighted by Gasteiger charge is -2.29. The summed E-state index contributed by atoms with van der Waals surface area (Å²) in [7, 11) is 1.68. The zero-order chi connectivity index (χ0) is 19.8. The maximum atomic E-state index is 5.94. The second-order valence-electron chi connectivity index (χ2n) is 7.33. The van der Waals surface area contributed by atoms with Crippen molar-refractivity contribution in [3.05, 3.63) is 52.3 Å². The van der Waals surface area contributed by atoms with Crippen LogP contribution in [0, 0.1) is 0 Å². The highest BCUT2D eigenvalue weighted by molar-refractivity contribution is 9.10. The Labute approximate surface area is 178 Å². The number of amidine groups is 1. The van der Waals surface area contributed by atoms with E-state index in [0.29, 0.717) is 5.25 Å². The third kappa shape index (κ3) is 3.62. The van der Waals surface area contributed by atoms with Crippen molar-refractivity contribution >= 4 is 32.9 Å². The van der Waals surface area contributed by atoms with Crippen molar-refractivity contribution in [2.24, 2.45) is 4.99 Å². The van der Waals surface area contributed by atoms with Crippen LogP contribution >= 0.6 is 27.7 Å². The van der Waals surface area contributed by atoms with Gasteiger partial charge in [-0.25, -0.2) is 0 Å². The number of aromatic nitrogens is 1. The van der Waals surface area contributed by atoms with Gasteiger partial charge in [-0.3, -0.25) is 9.98 Å². The fraction of sp³-hybridized carbons (Fsp3) is 0.429. The lowest BCUT2D eigenvalue weighted by atomic mass is 9.96. The smallest absolute Gasteiger partial charge is 0.162 e. The van der Waals surface area contributed by atoms with Crippen molar-refractivity contribution in [2.45, 2.75) is 44.2 Å². The van der Waals surface area contributed by atoms with Crippen LogP contribution in [0.3, 0.4) is 0 Å². The number of thioether (sulfide) groups is 1. The first-order valence-corrected chi connectivity index (χ1v) is 11.1. The normalized spacial score (nSPS) is 23.7. The number of fused-ring (bicyclic) bond motifs is 1. The van der Waals surface area contributed by atoms with E-state index in [4.69, 9.17) is 14.5 Å². The quantitative estimate of drug-likeness (QED) is 0.609. The molecule has 0 N–H and O–H groups in total. The van der Waals surface area contributed by atoms with E-state index in [1.54, 1.807) is 7.11 Å². The average Bonchev–Trinajstić information content (AvgIpc) is 3.18. The number of hydrogen-bond acceptors (Lipinski definition) is 6. The molecule has 3 heterocycles. The summed E-state index contributed by atoms with van der Waals surface area (Å²) in [4.78, 5) is 12.0. The van der Waals surface area contributed by atoms with Crippen molar-refractivity contribution in [3.8, 4) is 11.5 Å². The molecule has 1 aromatic carbocycles. The van der Waals surface area contributed by atoms with Crippen LogP contribution in [0.5, 0.6) is 11.5 Å². The Bertz CT molecular complexity index is 891. The van der Waals surface area contributed by atoms with E-state index in [1.165, 1.54) is 0 Å². The van der Waals surface area contributed by atoms with E-state index in [2.05, 4.69) is 44.9 Å². The minimum atomic E-state index is -0.0472. The molecular formula is C21H24BrN3O2S. The van der Waals surface area contributed by atoms with Gasteiger partial charge in [-0.1, -0.05) is 40.7 Å². The number of methoxy groups -OCH3 is 1. The van der Waals surface area contributed by atoms with Crippen LogP contribution < -0.4 is 9.47 Å². The molecule has 7 heteroatoms. The molecule has 2 aliphatic heterocycles. The highest BCUT2D eigenvalue weighted by Crippen LogP contribution is 2.50. The van der Waals surface area contributed by atoms with E-state index >= 15 is 0 Å². The van der Waals surface area contributed by atoms with Gasteiger partial charge < -0.3 is 14.4 Å². The molecular weight excluding hydrogens is 438 g/mol. The second-order valence-corrected chi connectivity index (χ2v) is 9.59. The van der Waals surface area contributed by atoms with Crippen molar-refractivity contribution < 1.29 is 9.47 Å². The molecule has 28 heavy (non-hydrogen) atoms. The van der Waals surface area contributed by atoms with Gasteiger partial charge >= 0.3 is 0 Å². The molecule has 0 bridgehead atoms. The number of benzene rings is 1. The van der Waals surface area contributed by atoms with Crippen LogP contribution in [-0.4, -0.2) is 40.1 Å². The van der Waals surface area contributed by atoms with Crippen LogP contribution in [0.15, 0.2) is 46.0 Å². The molecule has 0 saturated carbocycles. The van der Waals surface area contributed by atoms with Gasteiger partial charge in [0.1, 0.15) is 6.04 Å². The third-order valence-electron chi connectivity index (χ3n) is 4.85. The van der Waals surface area contributed by atoms with Gasteiger partial charge in [0, 0.05) is 22.5 Å². The lowest BCUT2D eigenvalue weighted by Crippen LogP contribution is -2.29. The molecule has 3 unspecified atom stereocenters. The van der Waals surface area contributed by atoms with Crippen molar-refractivity contribution in [1.82, 2.24) is 9.88 Å². The summed E-state index contributed by atoms with van der Waals surface area (Å²) in [6.45, 7) is 7.24. The Morgan fingerprint density at radius 1 is 1.25 bits per heavy atom. The zero-order valence-electron chi connectivity index (χ0n) is 16.4. The number of ether oxygens (including phenoxy) is 2. The first-order valence-electron chi connectivity index (χ1n) is 9.44. The molecule has 2 aliphatic rings. The van der Waals surface area contributed by atoms with E-state index in [1.807, 2.05) is 50.0 Å². The van der Waals surface area contributed by atoms with Crippen molar-refractivity contribution in [2.75, 3.05) is 13.7 Å².